The van der Waals surface area contributed by atoms with Crippen LogP contribution in [0.2, 0.25) is 5.02 Å². The Balaban J connectivity index is 1.98. The first kappa shape index (κ1) is 19.2. The molecule has 1 amide bonds. The lowest BCUT2D eigenvalue weighted by Crippen LogP contribution is -2.25. The number of rotatable bonds is 7. The molecule has 136 valence electrons. The number of amides is 1. The van der Waals surface area contributed by atoms with Crippen molar-refractivity contribution in [3.63, 3.8) is 0 Å². The van der Waals surface area contributed by atoms with E-state index < -0.39 is 10.8 Å². The molecule has 0 bridgehead atoms. The Morgan fingerprint density at radius 3 is 2.58 bits per heavy atom. The normalized spacial score (nSPS) is 11.0. The highest BCUT2D eigenvalue weighted by molar-refractivity contribution is 6.30. The van der Waals surface area contributed by atoms with Crippen molar-refractivity contribution in [1.82, 2.24) is 5.43 Å². The van der Waals surface area contributed by atoms with E-state index in [1.54, 1.807) is 37.3 Å². The third-order valence-electron chi connectivity index (χ3n) is 3.33. The molecule has 0 atom stereocenters. The molecule has 0 aliphatic heterocycles. The first-order valence-corrected chi connectivity index (χ1v) is 7.83. The van der Waals surface area contributed by atoms with Gasteiger partial charge in [0.05, 0.1) is 17.7 Å². The van der Waals surface area contributed by atoms with Gasteiger partial charge in [0.2, 0.25) is 0 Å². The highest BCUT2D eigenvalue weighted by Crippen LogP contribution is 2.27. The van der Waals surface area contributed by atoms with Crippen LogP contribution in [0.25, 0.3) is 0 Å². The maximum Gasteiger partial charge on any atom is 0.311 e. The average molecular weight is 378 g/mol. The second kappa shape index (κ2) is 8.82. The first-order chi connectivity index (χ1) is 12.4. The SMILES string of the molecule is COc1ccc(/C(C)=N/NC(=O)COc2ccc(Cl)cc2)cc1[N+](=O)[O-]. The van der Waals surface area contributed by atoms with Crippen molar-refractivity contribution in [2.24, 2.45) is 5.10 Å². The highest BCUT2D eigenvalue weighted by atomic mass is 35.5. The molecular weight excluding hydrogens is 362 g/mol. The summed E-state index contributed by atoms with van der Waals surface area (Å²) in [5.41, 5.74) is 3.03. The van der Waals surface area contributed by atoms with Crippen molar-refractivity contribution in [2.45, 2.75) is 6.92 Å². The van der Waals surface area contributed by atoms with E-state index in [-0.39, 0.29) is 18.0 Å². The van der Waals surface area contributed by atoms with Crippen molar-refractivity contribution in [3.05, 3.63) is 63.2 Å². The smallest absolute Gasteiger partial charge is 0.311 e. The number of nitro benzene ring substituents is 1. The van der Waals surface area contributed by atoms with E-state index in [0.717, 1.165) is 0 Å². The Hall–Kier alpha value is -3.13. The maximum absolute atomic E-state index is 11.8. The van der Waals surface area contributed by atoms with Gasteiger partial charge in [-0.2, -0.15) is 5.10 Å². The summed E-state index contributed by atoms with van der Waals surface area (Å²) in [6, 6.07) is 11.0. The number of halogens is 1. The molecule has 1 N–H and O–H groups in total. The van der Waals surface area contributed by atoms with Crippen LogP contribution in [0.4, 0.5) is 5.69 Å². The number of hydrazone groups is 1. The van der Waals surface area contributed by atoms with Gasteiger partial charge in [0.25, 0.3) is 5.91 Å². The lowest BCUT2D eigenvalue weighted by molar-refractivity contribution is -0.385. The molecule has 0 saturated carbocycles. The number of carbonyl (C=O) groups is 1. The van der Waals surface area contributed by atoms with Crippen LogP contribution >= 0.6 is 11.6 Å². The number of nitro groups is 1. The molecule has 0 fully saturated rings. The van der Waals surface area contributed by atoms with Crippen LogP contribution < -0.4 is 14.9 Å². The quantitative estimate of drug-likeness (QED) is 0.453. The third kappa shape index (κ3) is 5.18. The molecule has 8 nitrogen and oxygen atoms in total. The fourth-order valence-electron chi connectivity index (χ4n) is 1.98. The Bertz CT molecular complexity index is 837. The topological polar surface area (TPSA) is 103 Å². The lowest BCUT2D eigenvalue weighted by atomic mass is 10.1. The molecule has 0 unspecified atom stereocenters. The van der Waals surface area contributed by atoms with Gasteiger partial charge in [-0.25, -0.2) is 5.43 Å². The van der Waals surface area contributed by atoms with Gasteiger partial charge in [-0.1, -0.05) is 11.6 Å². The molecular formula is C17H16ClN3O5. The molecule has 2 aromatic rings. The Kier molecular flexibility index (Phi) is 6.51. The molecule has 26 heavy (non-hydrogen) atoms. The molecule has 0 aliphatic carbocycles. The van der Waals surface area contributed by atoms with E-state index in [9.17, 15) is 14.9 Å². The van der Waals surface area contributed by atoms with Crippen LogP contribution in [0.3, 0.4) is 0 Å². The number of hydrogen-bond acceptors (Lipinski definition) is 6. The van der Waals surface area contributed by atoms with Crippen LogP contribution in [0.1, 0.15) is 12.5 Å². The van der Waals surface area contributed by atoms with Crippen LogP contribution in [0.5, 0.6) is 11.5 Å². The van der Waals surface area contributed by atoms with Crippen molar-refractivity contribution in [2.75, 3.05) is 13.7 Å². The van der Waals surface area contributed by atoms with Gasteiger partial charge in [-0.15, -0.1) is 0 Å². The number of nitrogens with one attached hydrogen (secondary N) is 1. The molecule has 2 rings (SSSR count). The minimum atomic E-state index is -0.547. The predicted molar refractivity (Wildman–Crippen MR) is 96.9 cm³/mol. The zero-order chi connectivity index (χ0) is 19.1. The Morgan fingerprint density at radius 1 is 1.27 bits per heavy atom. The predicted octanol–water partition coefficient (Wildman–Crippen LogP) is 3.18. The van der Waals surface area contributed by atoms with Gasteiger partial charge in [0.1, 0.15) is 5.75 Å². The van der Waals surface area contributed by atoms with Crippen molar-refractivity contribution in [1.29, 1.82) is 0 Å². The standard InChI is InChI=1S/C17H16ClN3O5/c1-11(12-3-8-16(25-2)15(9-12)21(23)24)19-20-17(22)10-26-14-6-4-13(18)5-7-14/h3-9H,10H2,1-2H3,(H,20,22)/b19-11+. The first-order valence-electron chi connectivity index (χ1n) is 7.45. The molecule has 0 radical (unpaired) electrons. The van der Waals surface area contributed by atoms with E-state index in [1.807, 2.05) is 0 Å². The van der Waals surface area contributed by atoms with Crippen molar-refractivity contribution in [3.8, 4) is 11.5 Å². The van der Waals surface area contributed by atoms with Gasteiger partial charge in [0, 0.05) is 16.7 Å². The monoisotopic (exact) mass is 377 g/mol. The summed E-state index contributed by atoms with van der Waals surface area (Å²) in [6.07, 6.45) is 0. The molecule has 0 heterocycles. The molecule has 0 spiro atoms. The summed E-state index contributed by atoms with van der Waals surface area (Å²) in [4.78, 5) is 22.3. The summed E-state index contributed by atoms with van der Waals surface area (Å²) >= 11 is 5.76. The fourth-order valence-corrected chi connectivity index (χ4v) is 2.11. The van der Waals surface area contributed by atoms with Gasteiger partial charge in [0.15, 0.2) is 12.4 Å². The van der Waals surface area contributed by atoms with Crippen molar-refractivity contribution >= 4 is 28.9 Å². The van der Waals surface area contributed by atoms with Gasteiger partial charge < -0.3 is 9.47 Å². The summed E-state index contributed by atoms with van der Waals surface area (Å²) in [5.74, 6) is 0.172. The van der Waals surface area contributed by atoms with Gasteiger partial charge in [-0.3, -0.25) is 14.9 Å². The molecule has 2 aromatic carbocycles. The largest absolute Gasteiger partial charge is 0.490 e. The zero-order valence-corrected chi connectivity index (χ0v) is 14.8. The van der Waals surface area contributed by atoms with Crippen LogP contribution in [-0.4, -0.2) is 30.3 Å². The van der Waals surface area contributed by atoms with Gasteiger partial charge >= 0.3 is 5.69 Å². The number of hydrogen-bond donors (Lipinski definition) is 1. The molecule has 0 saturated heterocycles. The van der Waals surface area contributed by atoms with E-state index in [2.05, 4.69) is 10.5 Å². The zero-order valence-electron chi connectivity index (χ0n) is 14.1. The van der Waals surface area contributed by atoms with E-state index in [0.29, 0.717) is 22.0 Å². The number of methoxy groups -OCH3 is 1. The lowest BCUT2D eigenvalue weighted by Gasteiger charge is -2.07. The summed E-state index contributed by atoms with van der Waals surface area (Å²) in [5, 5.41) is 15.5. The Morgan fingerprint density at radius 2 is 1.96 bits per heavy atom. The summed E-state index contributed by atoms with van der Waals surface area (Å²) < 4.78 is 10.2. The van der Waals surface area contributed by atoms with E-state index in [1.165, 1.54) is 19.2 Å². The average Bonchev–Trinajstić information content (AvgIpc) is 2.65. The van der Waals surface area contributed by atoms with E-state index >= 15 is 0 Å². The fraction of sp³-hybridized carbons (Fsp3) is 0.176. The highest BCUT2D eigenvalue weighted by Gasteiger charge is 2.16. The molecule has 0 aliphatic rings. The van der Waals surface area contributed by atoms with Crippen LogP contribution in [0.15, 0.2) is 47.6 Å². The molecule has 0 aromatic heterocycles. The minimum Gasteiger partial charge on any atom is -0.490 e. The summed E-state index contributed by atoms with van der Waals surface area (Å²) in [6.45, 7) is 1.38. The Labute approximate surface area is 154 Å². The van der Waals surface area contributed by atoms with E-state index in [4.69, 9.17) is 21.1 Å². The number of carbonyl (C=O) groups excluding carboxylic acids is 1. The second-order valence-corrected chi connectivity index (χ2v) is 5.55. The maximum atomic E-state index is 11.8. The van der Waals surface area contributed by atoms with Crippen LogP contribution in [-0.2, 0) is 4.79 Å². The minimum absolute atomic E-state index is 0.145. The number of benzene rings is 2. The number of nitrogens with zero attached hydrogens (tertiary/aromatic N) is 2. The molecule has 9 heteroatoms. The van der Waals surface area contributed by atoms with Gasteiger partial charge in [-0.05, 0) is 43.3 Å². The third-order valence-corrected chi connectivity index (χ3v) is 3.58. The summed E-state index contributed by atoms with van der Waals surface area (Å²) in [7, 11) is 1.35. The van der Waals surface area contributed by atoms with Crippen molar-refractivity contribution < 1.29 is 19.2 Å². The number of ether oxygens (including phenoxy) is 2. The van der Waals surface area contributed by atoms with Crippen LogP contribution in [0, 0.1) is 10.1 Å². The second-order valence-electron chi connectivity index (χ2n) is 5.12.